The van der Waals surface area contributed by atoms with Gasteiger partial charge >= 0.3 is 11.7 Å². The Morgan fingerprint density at radius 2 is 1.84 bits per heavy atom. The van der Waals surface area contributed by atoms with E-state index in [4.69, 9.17) is 9.15 Å². The molecule has 0 bridgehead atoms. The lowest BCUT2D eigenvalue weighted by atomic mass is 10.2. The molecule has 0 saturated heterocycles. The van der Waals surface area contributed by atoms with Crippen LogP contribution < -0.4 is 10.5 Å². The molecule has 0 aliphatic carbocycles. The van der Waals surface area contributed by atoms with Crippen molar-refractivity contribution in [2.75, 3.05) is 31.6 Å². The van der Waals surface area contributed by atoms with Gasteiger partial charge in [0.2, 0.25) is 0 Å². The van der Waals surface area contributed by atoms with Gasteiger partial charge in [-0.3, -0.25) is 0 Å². The number of nitrogens with zero attached hydrogens (tertiary/aromatic N) is 2. The highest BCUT2D eigenvalue weighted by Gasteiger charge is 2.20. The van der Waals surface area contributed by atoms with Crippen LogP contribution in [0.15, 0.2) is 39.5 Å². The Bertz CT molecular complexity index is 792. The molecule has 0 N–H and O–H groups in total. The summed E-state index contributed by atoms with van der Waals surface area (Å²) in [5.41, 5.74) is 0.634. The third kappa shape index (κ3) is 5.24. The number of hydrogen-bond acceptors (Lipinski definition) is 5. The predicted octanol–water partition coefficient (Wildman–Crippen LogP) is 3.49. The van der Waals surface area contributed by atoms with Gasteiger partial charge in [-0.25, -0.2) is 9.59 Å². The van der Waals surface area contributed by atoms with E-state index in [1.807, 2.05) is 45.9 Å². The lowest BCUT2D eigenvalue weighted by Gasteiger charge is -2.28. The fourth-order valence-corrected chi connectivity index (χ4v) is 2.42. The maximum absolute atomic E-state index is 12.0. The summed E-state index contributed by atoms with van der Waals surface area (Å²) in [6.07, 6.45) is -0.340. The molecular weight excluding hydrogens is 320 g/mol. The molecule has 1 amide bonds. The maximum Gasteiger partial charge on any atom is 0.410 e. The zero-order valence-electron chi connectivity index (χ0n) is 15.5. The fraction of sp³-hybridized carbons (Fsp3) is 0.474. The standard InChI is InChI=1S/C19H26N2O4/c1-6-21(12-11-20(5)18(23)25-19(2,3)4)15-9-7-14-8-10-17(22)24-16(14)13-15/h7-10,13H,6,11-12H2,1-5H3. The molecule has 2 rings (SSSR count). The summed E-state index contributed by atoms with van der Waals surface area (Å²) in [6, 6.07) is 8.92. The zero-order valence-corrected chi connectivity index (χ0v) is 15.5. The normalized spacial score (nSPS) is 11.4. The Labute approximate surface area is 148 Å². The third-order valence-electron chi connectivity index (χ3n) is 3.76. The number of anilines is 1. The minimum Gasteiger partial charge on any atom is -0.444 e. The maximum atomic E-state index is 12.0. The largest absolute Gasteiger partial charge is 0.444 e. The van der Waals surface area contributed by atoms with Crippen molar-refractivity contribution >= 4 is 22.7 Å². The first-order chi connectivity index (χ1) is 11.7. The topological polar surface area (TPSA) is 63.0 Å². The number of amides is 1. The minimum atomic E-state index is -0.508. The van der Waals surface area contributed by atoms with Gasteiger partial charge in [0.1, 0.15) is 11.2 Å². The van der Waals surface area contributed by atoms with Crippen molar-refractivity contribution in [3.8, 4) is 0 Å². The highest BCUT2D eigenvalue weighted by Crippen LogP contribution is 2.21. The Kier molecular flexibility index (Phi) is 5.72. The molecule has 6 heteroatoms. The number of carbonyl (C=O) groups is 1. The molecule has 0 atom stereocenters. The van der Waals surface area contributed by atoms with Crippen LogP contribution in [0.4, 0.5) is 10.5 Å². The summed E-state index contributed by atoms with van der Waals surface area (Å²) in [7, 11) is 1.72. The van der Waals surface area contributed by atoms with Crippen molar-refractivity contribution in [2.45, 2.75) is 33.3 Å². The molecule has 0 fully saturated rings. The van der Waals surface area contributed by atoms with E-state index >= 15 is 0 Å². The van der Waals surface area contributed by atoms with Gasteiger partial charge in [-0.05, 0) is 45.9 Å². The molecule has 136 valence electrons. The molecule has 0 unspecified atom stereocenters. The smallest absolute Gasteiger partial charge is 0.410 e. The predicted molar refractivity (Wildman–Crippen MR) is 99.2 cm³/mol. The molecule has 6 nitrogen and oxygen atoms in total. The van der Waals surface area contributed by atoms with E-state index in [2.05, 4.69) is 4.90 Å². The van der Waals surface area contributed by atoms with Crippen LogP contribution in [0.3, 0.4) is 0 Å². The van der Waals surface area contributed by atoms with Crippen LogP contribution in [-0.4, -0.2) is 43.3 Å². The second-order valence-electron chi connectivity index (χ2n) is 6.96. The first-order valence-electron chi connectivity index (χ1n) is 8.42. The van der Waals surface area contributed by atoms with E-state index in [0.29, 0.717) is 18.7 Å². The lowest BCUT2D eigenvalue weighted by molar-refractivity contribution is 0.0303. The van der Waals surface area contributed by atoms with Crippen LogP contribution in [0.5, 0.6) is 0 Å². The number of hydrogen-bond donors (Lipinski definition) is 0. The molecule has 1 aromatic heterocycles. The van der Waals surface area contributed by atoms with Crippen molar-refractivity contribution < 1.29 is 13.9 Å². The van der Waals surface area contributed by atoms with Gasteiger partial charge in [0.05, 0.1) is 0 Å². The van der Waals surface area contributed by atoms with E-state index in [0.717, 1.165) is 17.6 Å². The van der Waals surface area contributed by atoms with Gasteiger partial charge in [0.25, 0.3) is 0 Å². The molecule has 25 heavy (non-hydrogen) atoms. The Hall–Kier alpha value is -2.50. The fourth-order valence-electron chi connectivity index (χ4n) is 2.42. The minimum absolute atomic E-state index is 0.340. The van der Waals surface area contributed by atoms with Crippen LogP contribution in [0.1, 0.15) is 27.7 Å². The van der Waals surface area contributed by atoms with Crippen LogP contribution in [-0.2, 0) is 4.74 Å². The number of carbonyl (C=O) groups excluding carboxylic acids is 1. The summed E-state index contributed by atoms with van der Waals surface area (Å²) in [6.45, 7) is 9.53. The van der Waals surface area contributed by atoms with Crippen LogP contribution in [0.2, 0.25) is 0 Å². The summed E-state index contributed by atoms with van der Waals surface area (Å²) in [5.74, 6) is 0. The average molecular weight is 346 g/mol. The summed E-state index contributed by atoms with van der Waals surface area (Å²) < 4.78 is 10.6. The van der Waals surface area contributed by atoms with Crippen LogP contribution in [0, 0.1) is 0 Å². The molecular formula is C19H26N2O4. The van der Waals surface area contributed by atoms with Crippen molar-refractivity contribution in [1.29, 1.82) is 0 Å². The molecule has 2 aromatic rings. The van der Waals surface area contributed by atoms with Gasteiger partial charge < -0.3 is 19.0 Å². The van der Waals surface area contributed by atoms with Crippen molar-refractivity contribution in [3.05, 3.63) is 40.8 Å². The zero-order chi connectivity index (χ0) is 18.6. The molecule has 0 aliphatic heterocycles. The first kappa shape index (κ1) is 18.8. The lowest BCUT2D eigenvalue weighted by Crippen LogP contribution is -2.39. The van der Waals surface area contributed by atoms with E-state index in [1.54, 1.807) is 18.0 Å². The van der Waals surface area contributed by atoms with E-state index in [9.17, 15) is 9.59 Å². The van der Waals surface area contributed by atoms with Crippen LogP contribution in [0.25, 0.3) is 11.0 Å². The van der Waals surface area contributed by atoms with Gasteiger partial charge in [-0.2, -0.15) is 0 Å². The monoisotopic (exact) mass is 346 g/mol. The Morgan fingerprint density at radius 3 is 2.48 bits per heavy atom. The van der Waals surface area contributed by atoms with Gasteiger partial charge in [0.15, 0.2) is 0 Å². The first-order valence-corrected chi connectivity index (χ1v) is 8.42. The summed E-state index contributed by atoms with van der Waals surface area (Å²) in [4.78, 5) is 27.1. The Morgan fingerprint density at radius 1 is 1.16 bits per heavy atom. The average Bonchev–Trinajstić information content (AvgIpc) is 2.53. The van der Waals surface area contributed by atoms with Crippen LogP contribution >= 0.6 is 0 Å². The number of fused-ring (bicyclic) bond motifs is 1. The van der Waals surface area contributed by atoms with E-state index < -0.39 is 5.60 Å². The number of ether oxygens (including phenoxy) is 1. The van der Waals surface area contributed by atoms with Crippen molar-refractivity contribution in [1.82, 2.24) is 4.90 Å². The molecule has 0 spiro atoms. The molecule has 0 radical (unpaired) electrons. The second-order valence-corrected chi connectivity index (χ2v) is 6.96. The van der Waals surface area contributed by atoms with E-state index in [-0.39, 0.29) is 11.7 Å². The highest BCUT2D eigenvalue weighted by atomic mass is 16.6. The molecule has 1 aromatic carbocycles. The van der Waals surface area contributed by atoms with Gasteiger partial charge in [-0.1, -0.05) is 0 Å². The summed E-state index contributed by atoms with van der Waals surface area (Å²) >= 11 is 0. The Balaban J connectivity index is 2.07. The van der Waals surface area contributed by atoms with Crippen molar-refractivity contribution in [3.63, 3.8) is 0 Å². The third-order valence-corrected chi connectivity index (χ3v) is 3.76. The molecule has 0 aliphatic rings. The quantitative estimate of drug-likeness (QED) is 0.776. The number of benzene rings is 1. The number of rotatable bonds is 5. The van der Waals surface area contributed by atoms with Crippen molar-refractivity contribution in [2.24, 2.45) is 0 Å². The number of likely N-dealkylation sites (N-methyl/N-ethyl adjacent to an activating group) is 2. The summed E-state index contributed by atoms with van der Waals surface area (Å²) in [5, 5.41) is 0.880. The molecule has 1 heterocycles. The van der Waals surface area contributed by atoms with Gasteiger partial charge in [-0.15, -0.1) is 0 Å². The molecule has 0 saturated carbocycles. The van der Waals surface area contributed by atoms with E-state index in [1.165, 1.54) is 6.07 Å². The van der Waals surface area contributed by atoms with Gasteiger partial charge in [0, 0.05) is 49.9 Å². The highest BCUT2D eigenvalue weighted by molar-refractivity contribution is 5.80. The SMILES string of the molecule is CCN(CCN(C)C(=O)OC(C)(C)C)c1ccc2ccc(=O)oc2c1. The second kappa shape index (κ2) is 7.59.